The van der Waals surface area contributed by atoms with E-state index in [1.54, 1.807) is 17.2 Å². The molecule has 0 atom stereocenters. The number of carboxylic acid groups (broad SMARTS) is 1. The minimum atomic E-state index is -4.60. The predicted molar refractivity (Wildman–Crippen MR) is 178 cm³/mol. The van der Waals surface area contributed by atoms with E-state index in [0.29, 0.717) is 6.54 Å². The van der Waals surface area contributed by atoms with Gasteiger partial charge < -0.3 is 29.8 Å². The smallest absolute Gasteiger partial charge is 0.419 e. The van der Waals surface area contributed by atoms with E-state index in [1.807, 2.05) is 23.5 Å². The van der Waals surface area contributed by atoms with Crippen LogP contribution in [0.2, 0.25) is 0 Å². The Labute approximate surface area is 274 Å². The SMILES string of the molecule is C1COCCN1.CCCCCCCCCCNCc1cccs1.O=C(O)c1nc2c(C(F)(F)F)cccn2c1CN1C=CC=CC1. The first-order valence-electron chi connectivity index (χ1n) is 16.2. The summed E-state index contributed by atoms with van der Waals surface area (Å²) < 4.78 is 45.5. The number of morpholine rings is 1. The fourth-order valence-corrected chi connectivity index (χ4v) is 5.68. The summed E-state index contributed by atoms with van der Waals surface area (Å²) in [5.41, 5.74) is -1.52. The van der Waals surface area contributed by atoms with Crippen molar-refractivity contribution in [2.75, 3.05) is 39.4 Å². The lowest BCUT2D eigenvalue weighted by Crippen LogP contribution is -2.30. The molecule has 0 spiro atoms. The summed E-state index contributed by atoms with van der Waals surface area (Å²) in [5, 5.41) is 18.1. The van der Waals surface area contributed by atoms with Crippen LogP contribution in [0, 0.1) is 0 Å². The number of alkyl halides is 3. The van der Waals surface area contributed by atoms with Crippen molar-refractivity contribution in [3.05, 3.63) is 82.1 Å². The fraction of sp³-hybridized carbons (Fsp3) is 0.529. The Balaban J connectivity index is 0.000000219. The molecule has 0 unspecified atom stereocenters. The fourth-order valence-electron chi connectivity index (χ4n) is 5.00. The number of fused-ring (bicyclic) bond motifs is 1. The van der Waals surface area contributed by atoms with Crippen LogP contribution in [0.15, 0.2) is 60.3 Å². The molecule has 2 aliphatic heterocycles. The summed E-state index contributed by atoms with van der Waals surface area (Å²) in [4.78, 5) is 18.3. The molecule has 5 rings (SSSR count). The number of aromatic nitrogens is 2. The van der Waals surface area contributed by atoms with E-state index in [-0.39, 0.29) is 17.9 Å². The average Bonchev–Trinajstić information content (AvgIpc) is 3.72. The molecule has 0 bridgehead atoms. The quantitative estimate of drug-likeness (QED) is 0.154. The maximum atomic E-state index is 13.1. The van der Waals surface area contributed by atoms with Gasteiger partial charge in [0.05, 0.1) is 31.0 Å². The Hall–Kier alpha value is -3.19. The van der Waals surface area contributed by atoms with Gasteiger partial charge in [-0.1, -0.05) is 70.1 Å². The van der Waals surface area contributed by atoms with Crippen molar-refractivity contribution < 1.29 is 27.8 Å². The molecule has 0 radical (unpaired) electrons. The average molecular weight is 664 g/mol. The van der Waals surface area contributed by atoms with Crippen molar-refractivity contribution in [3.8, 4) is 0 Å². The van der Waals surface area contributed by atoms with E-state index in [9.17, 15) is 23.1 Å². The van der Waals surface area contributed by atoms with E-state index in [0.717, 1.165) is 38.9 Å². The van der Waals surface area contributed by atoms with Crippen LogP contribution in [0.25, 0.3) is 5.65 Å². The van der Waals surface area contributed by atoms with Crippen LogP contribution in [0.1, 0.15) is 84.9 Å². The first-order valence-corrected chi connectivity index (χ1v) is 17.1. The van der Waals surface area contributed by atoms with E-state index in [4.69, 9.17) is 4.74 Å². The molecule has 0 saturated carbocycles. The number of hydrogen-bond donors (Lipinski definition) is 3. The summed E-state index contributed by atoms with van der Waals surface area (Å²) in [5.74, 6) is -1.35. The van der Waals surface area contributed by atoms with Gasteiger partial charge in [0.2, 0.25) is 0 Å². The number of nitrogens with one attached hydrogen (secondary N) is 2. The van der Waals surface area contributed by atoms with Gasteiger partial charge in [-0.15, -0.1) is 11.3 Å². The monoisotopic (exact) mass is 663 g/mol. The number of thiophene rings is 1. The molecule has 8 nitrogen and oxygen atoms in total. The lowest BCUT2D eigenvalue weighted by Gasteiger charge is -2.20. The van der Waals surface area contributed by atoms with Gasteiger partial charge in [0, 0.05) is 37.3 Å². The molecule has 0 aliphatic carbocycles. The third kappa shape index (κ3) is 13.3. The summed E-state index contributed by atoms with van der Waals surface area (Å²) in [6.45, 7) is 9.02. The highest BCUT2D eigenvalue weighted by atomic mass is 32.1. The van der Waals surface area contributed by atoms with Crippen LogP contribution in [-0.2, 0) is 24.0 Å². The number of pyridine rings is 1. The Morgan fingerprint density at radius 2 is 1.80 bits per heavy atom. The number of imidazole rings is 1. The van der Waals surface area contributed by atoms with Crippen molar-refractivity contribution in [2.45, 2.75) is 77.6 Å². The van der Waals surface area contributed by atoms with Crippen LogP contribution in [0.5, 0.6) is 0 Å². The van der Waals surface area contributed by atoms with Crippen molar-refractivity contribution in [1.82, 2.24) is 24.9 Å². The zero-order chi connectivity index (χ0) is 33.0. The molecule has 0 amide bonds. The van der Waals surface area contributed by atoms with Gasteiger partial charge in [0.1, 0.15) is 5.65 Å². The Morgan fingerprint density at radius 1 is 1.07 bits per heavy atom. The standard InChI is InChI=1S/C15H12F3N3O2.C15H27NS.C4H9NO/c16-15(17,18)10-5-4-8-21-11(9-20-6-2-1-3-7-20)12(14(22)23)19-13(10)21;1-2-3-4-5-6-7-8-9-12-16-14-15-11-10-13-17-15;1-3-6-4-2-5-1/h1-6,8H,7,9H2,(H,22,23);10-11,13,16H,2-9,12,14H2,1H3;5H,1-4H2. The molecule has 2 aliphatic rings. The van der Waals surface area contributed by atoms with Crippen molar-refractivity contribution in [1.29, 1.82) is 0 Å². The summed E-state index contributed by atoms with van der Waals surface area (Å²) in [7, 11) is 0. The summed E-state index contributed by atoms with van der Waals surface area (Å²) >= 11 is 1.84. The molecule has 1 fully saturated rings. The largest absolute Gasteiger partial charge is 0.476 e. The number of allylic oxidation sites excluding steroid dienone is 2. The second kappa shape index (κ2) is 20.8. The number of carbonyl (C=O) groups is 1. The molecule has 3 aromatic rings. The number of aromatic carboxylic acids is 1. The zero-order valence-corrected chi connectivity index (χ0v) is 27.6. The first kappa shape index (κ1) is 37.3. The zero-order valence-electron chi connectivity index (χ0n) is 26.7. The number of nitrogens with zero attached hydrogens (tertiary/aromatic N) is 3. The van der Waals surface area contributed by atoms with Crippen LogP contribution >= 0.6 is 11.3 Å². The summed E-state index contributed by atoms with van der Waals surface area (Å²) in [6, 6.07) is 6.45. The van der Waals surface area contributed by atoms with Crippen LogP contribution < -0.4 is 10.6 Å². The number of ether oxygens (including phenoxy) is 1. The molecule has 0 aromatic carbocycles. The number of carboxylic acids is 1. The van der Waals surface area contributed by atoms with Gasteiger partial charge in [-0.3, -0.25) is 0 Å². The Morgan fingerprint density at radius 3 is 2.37 bits per heavy atom. The number of halogens is 3. The number of hydrogen-bond acceptors (Lipinski definition) is 7. The number of unbranched alkanes of at least 4 members (excludes halogenated alkanes) is 7. The molecule has 46 heavy (non-hydrogen) atoms. The molecule has 5 heterocycles. The second-order valence-electron chi connectivity index (χ2n) is 11.1. The number of rotatable bonds is 14. The van der Waals surface area contributed by atoms with E-state index in [1.165, 1.54) is 79.5 Å². The molecular weight excluding hydrogens is 615 g/mol. The van der Waals surface area contributed by atoms with Gasteiger partial charge >= 0.3 is 12.1 Å². The highest BCUT2D eigenvalue weighted by molar-refractivity contribution is 7.09. The lowest BCUT2D eigenvalue weighted by atomic mass is 10.1. The normalized spacial score (nSPS) is 14.5. The Kier molecular flexibility index (Phi) is 16.9. The second-order valence-corrected chi connectivity index (χ2v) is 12.2. The van der Waals surface area contributed by atoms with E-state index in [2.05, 4.69) is 40.1 Å². The molecule has 1 saturated heterocycles. The maximum absolute atomic E-state index is 13.1. The van der Waals surface area contributed by atoms with Gasteiger partial charge in [0.15, 0.2) is 5.69 Å². The Bertz CT molecular complexity index is 1330. The van der Waals surface area contributed by atoms with Gasteiger partial charge in [0.25, 0.3) is 0 Å². The van der Waals surface area contributed by atoms with Crippen molar-refractivity contribution >= 4 is 23.0 Å². The third-order valence-electron chi connectivity index (χ3n) is 7.43. The third-order valence-corrected chi connectivity index (χ3v) is 8.30. The van der Waals surface area contributed by atoms with Crippen molar-refractivity contribution in [3.63, 3.8) is 0 Å². The van der Waals surface area contributed by atoms with E-state index >= 15 is 0 Å². The predicted octanol–water partition coefficient (Wildman–Crippen LogP) is 7.52. The minimum absolute atomic E-state index is 0.144. The lowest BCUT2D eigenvalue weighted by molar-refractivity contribution is -0.136. The van der Waals surface area contributed by atoms with Gasteiger partial charge in [-0.05, 0) is 48.8 Å². The summed E-state index contributed by atoms with van der Waals surface area (Å²) in [6.07, 6.45) is 15.2. The van der Waals surface area contributed by atoms with Gasteiger partial charge in [-0.2, -0.15) is 13.2 Å². The molecular formula is C34H48F3N5O3S. The molecule has 254 valence electrons. The van der Waals surface area contributed by atoms with Crippen LogP contribution in [0.4, 0.5) is 13.2 Å². The maximum Gasteiger partial charge on any atom is 0.419 e. The first-order chi connectivity index (χ1) is 22.3. The van der Waals surface area contributed by atoms with Gasteiger partial charge in [-0.25, -0.2) is 9.78 Å². The molecule has 3 aromatic heterocycles. The minimum Gasteiger partial charge on any atom is -0.476 e. The molecule has 3 N–H and O–H groups in total. The molecule has 12 heteroatoms. The van der Waals surface area contributed by atoms with Crippen molar-refractivity contribution in [2.24, 2.45) is 0 Å². The topological polar surface area (TPSA) is 91.1 Å². The highest BCUT2D eigenvalue weighted by Crippen LogP contribution is 2.33. The van der Waals surface area contributed by atoms with Crippen LogP contribution in [0.3, 0.4) is 0 Å². The highest BCUT2D eigenvalue weighted by Gasteiger charge is 2.35. The van der Waals surface area contributed by atoms with E-state index < -0.39 is 23.4 Å². The van der Waals surface area contributed by atoms with Crippen LogP contribution in [-0.4, -0.2) is 64.8 Å².